The van der Waals surface area contributed by atoms with Crippen molar-refractivity contribution in [2.24, 2.45) is 0 Å². The fraction of sp³-hybridized carbons (Fsp3) is 0.455. The van der Waals surface area contributed by atoms with Crippen LogP contribution in [-0.4, -0.2) is 27.4 Å². The molecule has 0 spiro atoms. The molecule has 0 aromatic carbocycles. The monoisotopic (exact) mass is 281 g/mol. The van der Waals surface area contributed by atoms with E-state index in [-0.39, 0.29) is 4.90 Å². The van der Waals surface area contributed by atoms with Crippen molar-refractivity contribution in [2.75, 3.05) is 0 Å². The van der Waals surface area contributed by atoms with Gasteiger partial charge in [-0.15, -0.1) is 0 Å². The van der Waals surface area contributed by atoms with Crippen molar-refractivity contribution in [1.29, 1.82) is 0 Å². The molecule has 0 amide bonds. The van der Waals surface area contributed by atoms with Gasteiger partial charge in [0.05, 0.1) is 11.4 Å². The maximum atomic E-state index is 12.5. The molecule has 1 N–H and O–H groups in total. The zero-order valence-corrected chi connectivity index (χ0v) is 11.6. The summed E-state index contributed by atoms with van der Waals surface area (Å²) >= 11 is 0. The largest absolute Gasteiger partial charge is 0.307 e. The normalized spacial score (nSPS) is 14.8. The Morgan fingerprint density at radius 3 is 2.74 bits per heavy atom. The maximum absolute atomic E-state index is 12.5. The van der Waals surface area contributed by atoms with Gasteiger partial charge in [-0.25, -0.2) is 0 Å². The third-order valence-electron chi connectivity index (χ3n) is 3.21. The average Bonchev–Trinajstić information content (AvgIpc) is 3.00. The second kappa shape index (κ2) is 4.17. The third-order valence-corrected chi connectivity index (χ3v) is 4.85. The Kier molecular flexibility index (Phi) is 2.72. The Bertz CT molecular complexity index is 707. The lowest BCUT2D eigenvalue weighted by atomic mass is 10.3. The Hall–Kier alpha value is -1.67. The summed E-state index contributed by atoms with van der Waals surface area (Å²) in [7, 11) is -3.64. The molecule has 0 radical (unpaired) electrons. The van der Waals surface area contributed by atoms with Gasteiger partial charge in [-0.05, 0) is 13.8 Å². The van der Waals surface area contributed by atoms with E-state index in [4.69, 9.17) is 0 Å². The van der Waals surface area contributed by atoms with Crippen LogP contribution in [0.5, 0.6) is 0 Å². The van der Waals surface area contributed by atoms with E-state index in [9.17, 15) is 8.42 Å². The first-order valence-electron chi connectivity index (χ1n) is 6.10. The Balaban J connectivity index is 2.08. The molecular formula is C11H15N5O2S. The number of fused-ring (bicyclic) bond motifs is 1. The van der Waals surface area contributed by atoms with Gasteiger partial charge in [-0.3, -0.25) is 4.68 Å². The zero-order valence-electron chi connectivity index (χ0n) is 10.8. The number of hydrogen-bond acceptors (Lipinski definition) is 5. The lowest BCUT2D eigenvalue weighted by Crippen LogP contribution is -2.16. The van der Waals surface area contributed by atoms with E-state index in [1.54, 1.807) is 24.0 Å². The average molecular weight is 281 g/mol. The van der Waals surface area contributed by atoms with E-state index in [2.05, 4.69) is 15.5 Å². The van der Waals surface area contributed by atoms with Crippen molar-refractivity contribution in [2.45, 2.75) is 38.4 Å². The molecule has 8 heteroatoms. The van der Waals surface area contributed by atoms with E-state index in [1.807, 2.05) is 6.92 Å². The molecule has 0 saturated heterocycles. The van der Waals surface area contributed by atoms with Crippen LogP contribution in [0.4, 0.5) is 0 Å². The first-order chi connectivity index (χ1) is 9.02. The van der Waals surface area contributed by atoms with E-state index in [0.717, 1.165) is 15.3 Å². The lowest BCUT2D eigenvalue weighted by Gasteiger charge is -2.02. The third kappa shape index (κ3) is 1.87. The van der Waals surface area contributed by atoms with Gasteiger partial charge in [0.2, 0.25) is 0 Å². The molecule has 3 heterocycles. The summed E-state index contributed by atoms with van der Waals surface area (Å²) in [6.45, 7) is 5.52. The summed E-state index contributed by atoms with van der Waals surface area (Å²) in [5, 5.41) is 11.4. The lowest BCUT2D eigenvalue weighted by molar-refractivity contribution is 0.576. The summed E-state index contributed by atoms with van der Waals surface area (Å²) < 4.78 is 27.7. The number of hydrogen-bond donors (Lipinski definition) is 1. The molecule has 0 atom stereocenters. The van der Waals surface area contributed by atoms with Crippen molar-refractivity contribution >= 4 is 10.0 Å². The van der Waals surface area contributed by atoms with Gasteiger partial charge in [0.25, 0.3) is 10.0 Å². The van der Waals surface area contributed by atoms with Crippen LogP contribution >= 0.6 is 0 Å². The van der Waals surface area contributed by atoms with Crippen molar-refractivity contribution in [3.05, 3.63) is 29.3 Å². The molecule has 0 aliphatic carbocycles. The minimum Gasteiger partial charge on any atom is -0.307 e. The molecule has 0 bridgehead atoms. The van der Waals surface area contributed by atoms with Gasteiger partial charge in [0, 0.05) is 37.6 Å². The van der Waals surface area contributed by atoms with Crippen molar-refractivity contribution in [1.82, 2.24) is 24.3 Å². The van der Waals surface area contributed by atoms with Crippen LogP contribution in [0, 0.1) is 6.92 Å². The van der Waals surface area contributed by atoms with Crippen LogP contribution in [0.2, 0.25) is 0 Å². The van der Waals surface area contributed by atoms with Crippen LogP contribution in [-0.2, 0) is 29.7 Å². The van der Waals surface area contributed by atoms with Gasteiger partial charge >= 0.3 is 0 Å². The van der Waals surface area contributed by atoms with E-state index >= 15 is 0 Å². The summed E-state index contributed by atoms with van der Waals surface area (Å²) in [6.07, 6.45) is 3.13. The molecular weight excluding hydrogens is 266 g/mol. The molecule has 7 nitrogen and oxygen atoms in total. The molecule has 0 unspecified atom stereocenters. The highest BCUT2D eigenvalue weighted by molar-refractivity contribution is 7.89. The van der Waals surface area contributed by atoms with Crippen molar-refractivity contribution in [3.63, 3.8) is 0 Å². The van der Waals surface area contributed by atoms with Gasteiger partial charge in [0.1, 0.15) is 4.90 Å². The number of nitrogens with zero attached hydrogens (tertiary/aromatic N) is 4. The maximum Gasteiger partial charge on any atom is 0.286 e. The summed E-state index contributed by atoms with van der Waals surface area (Å²) in [6, 6.07) is 0. The highest BCUT2D eigenvalue weighted by Crippen LogP contribution is 2.20. The predicted octanol–water partition coefficient (Wildman–Crippen LogP) is 0.248. The van der Waals surface area contributed by atoms with Crippen molar-refractivity contribution in [3.8, 4) is 0 Å². The van der Waals surface area contributed by atoms with Gasteiger partial charge < -0.3 is 5.32 Å². The first kappa shape index (κ1) is 12.4. The van der Waals surface area contributed by atoms with E-state index < -0.39 is 10.0 Å². The Morgan fingerprint density at radius 2 is 2.11 bits per heavy atom. The van der Waals surface area contributed by atoms with Gasteiger partial charge in [-0.2, -0.15) is 22.7 Å². The highest BCUT2D eigenvalue weighted by Gasteiger charge is 2.26. The van der Waals surface area contributed by atoms with Crippen molar-refractivity contribution < 1.29 is 8.42 Å². The summed E-state index contributed by atoms with van der Waals surface area (Å²) in [5.41, 5.74) is 2.23. The van der Waals surface area contributed by atoms with E-state index in [0.29, 0.717) is 25.3 Å². The number of aryl methyl sites for hydroxylation is 2. The molecule has 0 saturated carbocycles. The van der Waals surface area contributed by atoms with Crippen LogP contribution in [0.3, 0.4) is 0 Å². The van der Waals surface area contributed by atoms with Crippen LogP contribution in [0.1, 0.15) is 23.9 Å². The highest BCUT2D eigenvalue weighted by atomic mass is 32.2. The van der Waals surface area contributed by atoms with Crippen LogP contribution in [0.15, 0.2) is 17.3 Å². The Labute approximate surface area is 111 Å². The van der Waals surface area contributed by atoms with Crippen LogP contribution < -0.4 is 5.32 Å². The second-order valence-electron chi connectivity index (χ2n) is 4.52. The zero-order chi connectivity index (χ0) is 13.6. The first-order valence-corrected chi connectivity index (χ1v) is 7.54. The molecule has 102 valence electrons. The number of rotatable bonds is 3. The molecule has 2 aromatic heterocycles. The molecule has 2 aromatic rings. The minimum atomic E-state index is -3.64. The fourth-order valence-corrected chi connectivity index (χ4v) is 3.51. The SMILES string of the molecule is CCn1cc(S(=O)(=O)n2cc3c(n2)CNC3)c(C)n1. The second-order valence-corrected chi connectivity index (χ2v) is 6.28. The molecule has 19 heavy (non-hydrogen) atoms. The predicted molar refractivity (Wildman–Crippen MR) is 68.0 cm³/mol. The Morgan fingerprint density at radius 1 is 1.32 bits per heavy atom. The number of nitrogens with one attached hydrogen (secondary N) is 1. The minimum absolute atomic E-state index is 0.212. The summed E-state index contributed by atoms with van der Waals surface area (Å²) in [5.74, 6) is 0. The van der Waals surface area contributed by atoms with Crippen LogP contribution in [0.25, 0.3) is 0 Å². The van der Waals surface area contributed by atoms with E-state index in [1.165, 1.54) is 0 Å². The van der Waals surface area contributed by atoms with Gasteiger partial charge in [0.15, 0.2) is 0 Å². The molecule has 3 rings (SSSR count). The quantitative estimate of drug-likeness (QED) is 0.872. The molecule has 1 aliphatic rings. The van der Waals surface area contributed by atoms with Gasteiger partial charge in [-0.1, -0.05) is 0 Å². The molecule has 1 aliphatic heterocycles. The molecule has 0 fully saturated rings. The topological polar surface area (TPSA) is 81.8 Å². The number of aromatic nitrogens is 4. The smallest absolute Gasteiger partial charge is 0.286 e. The summed E-state index contributed by atoms with van der Waals surface area (Å²) in [4.78, 5) is 0.212. The fourth-order valence-electron chi connectivity index (χ4n) is 2.17. The standard InChI is InChI=1S/C11H15N5O2S/c1-3-15-7-11(8(2)13-15)19(17,18)16-6-9-4-12-5-10(9)14-16/h6-7,12H,3-5H2,1-2H3.